The zero-order valence-electron chi connectivity index (χ0n) is 22.0. The van der Waals surface area contributed by atoms with E-state index in [0.717, 1.165) is 36.0 Å². The zero-order valence-corrected chi connectivity index (χ0v) is 22.9. The fourth-order valence-electron chi connectivity index (χ4n) is 5.44. The second-order valence-corrected chi connectivity index (χ2v) is 12.5. The summed E-state index contributed by atoms with van der Waals surface area (Å²) < 4.78 is 34.9. The molecule has 11 nitrogen and oxygen atoms in total. The van der Waals surface area contributed by atoms with Gasteiger partial charge in [0.25, 0.3) is 5.91 Å². The van der Waals surface area contributed by atoms with Gasteiger partial charge >= 0.3 is 0 Å². The second kappa shape index (κ2) is 9.88. The lowest BCUT2D eigenvalue weighted by Crippen LogP contribution is -2.56. The molecule has 3 aliphatic rings. The van der Waals surface area contributed by atoms with Crippen molar-refractivity contribution in [2.24, 2.45) is 0 Å². The van der Waals surface area contributed by atoms with Crippen molar-refractivity contribution >= 4 is 32.5 Å². The molecule has 4 aromatic rings. The Morgan fingerprint density at radius 3 is 2.70 bits per heavy atom. The van der Waals surface area contributed by atoms with Crippen molar-refractivity contribution in [2.75, 3.05) is 31.9 Å². The SMILES string of the molecule is COCC12CC(Nc3cccc(-c4ccc5cnc(CNC(=O)c6cncc(S(C)(=O)=O)c6)cc5n4)n3)(CO1)C2. The first-order valence-electron chi connectivity index (χ1n) is 12.7. The van der Waals surface area contributed by atoms with Gasteiger partial charge in [-0.05, 0) is 36.4 Å². The fourth-order valence-corrected chi connectivity index (χ4v) is 6.04. The summed E-state index contributed by atoms with van der Waals surface area (Å²) in [4.78, 5) is 30.5. The summed E-state index contributed by atoms with van der Waals surface area (Å²) in [6, 6.07) is 12.8. The molecule has 1 aliphatic carbocycles. The molecule has 40 heavy (non-hydrogen) atoms. The van der Waals surface area contributed by atoms with Crippen LogP contribution < -0.4 is 10.6 Å². The van der Waals surface area contributed by atoms with E-state index >= 15 is 0 Å². The van der Waals surface area contributed by atoms with Crippen LogP contribution in [0, 0.1) is 0 Å². The van der Waals surface area contributed by atoms with Gasteiger partial charge in [-0.15, -0.1) is 0 Å². The third kappa shape index (κ3) is 5.12. The first-order valence-corrected chi connectivity index (χ1v) is 14.6. The van der Waals surface area contributed by atoms with Gasteiger partial charge in [0.15, 0.2) is 9.84 Å². The number of ether oxygens (including phenoxy) is 2. The molecule has 2 bridgehead atoms. The molecule has 2 N–H and O–H groups in total. The maximum absolute atomic E-state index is 12.6. The summed E-state index contributed by atoms with van der Waals surface area (Å²) in [6.07, 6.45) is 7.08. The third-order valence-corrected chi connectivity index (χ3v) is 8.33. The van der Waals surface area contributed by atoms with Gasteiger partial charge in [0.05, 0.1) is 64.0 Å². The number of nitrogens with zero attached hydrogens (tertiary/aromatic N) is 4. The minimum atomic E-state index is -3.47. The highest BCUT2D eigenvalue weighted by Gasteiger charge is 2.62. The van der Waals surface area contributed by atoms with Crippen LogP contribution in [0.4, 0.5) is 5.82 Å². The Morgan fingerprint density at radius 1 is 1.07 bits per heavy atom. The largest absolute Gasteiger partial charge is 0.382 e. The van der Waals surface area contributed by atoms with Crippen LogP contribution in [0.15, 0.2) is 66.0 Å². The summed E-state index contributed by atoms with van der Waals surface area (Å²) in [6.45, 7) is 1.36. The van der Waals surface area contributed by atoms with Crippen molar-refractivity contribution in [3.8, 4) is 11.4 Å². The smallest absolute Gasteiger partial charge is 0.253 e. The lowest BCUT2D eigenvalue weighted by Gasteiger charge is -2.44. The predicted octanol–water partition coefficient (Wildman–Crippen LogP) is 2.78. The summed E-state index contributed by atoms with van der Waals surface area (Å²) in [7, 11) is -1.78. The average molecular weight is 561 g/mol. The molecule has 7 rings (SSSR count). The summed E-state index contributed by atoms with van der Waals surface area (Å²) in [5, 5.41) is 7.18. The molecule has 0 spiro atoms. The number of methoxy groups -OCH3 is 1. The van der Waals surface area contributed by atoms with Crippen molar-refractivity contribution in [2.45, 2.75) is 35.4 Å². The van der Waals surface area contributed by atoms with Crippen molar-refractivity contribution < 1.29 is 22.7 Å². The molecular formula is C28H28N6O5S. The van der Waals surface area contributed by atoms with Crippen molar-refractivity contribution in [3.63, 3.8) is 0 Å². The van der Waals surface area contributed by atoms with Crippen LogP contribution >= 0.6 is 0 Å². The summed E-state index contributed by atoms with van der Waals surface area (Å²) in [5.41, 5.74) is 2.61. The number of rotatable bonds is 9. The minimum absolute atomic E-state index is 0.0169. The van der Waals surface area contributed by atoms with E-state index in [2.05, 4.69) is 20.6 Å². The lowest BCUT2D eigenvalue weighted by molar-refractivity contribution is -0.0585. The summed E-state index contributed by atoms with van der Waals surface area (Å²) in [5.74, 6) is 0.316. The van der Waals surface area contributed by atoms with E-state index in [1.54, 1.807) is 13.3 Å². The van der Waals surface area contributed by atoms with Crippen LogP contribution in [0.2, 0.25) is 0 Å². The highest BCUT2D eigenvalue weighted by molar-refractivity contribution is 7.90. The van der Waals surface area contributed by atoms with Crippen LogP contribution in [-0.2, 0) is 25.9 Å². The minimum Gasteiger partial charge on any atom is -0.382 e. The van der Waals surface area contributed by atoms with Crippen LogP contribution in [0.1, 0.15) is 28.9 Å². The number of carbonyl (C=O) groups excluding carboxylic acids is 1. The molecule has 206 valence electrons. The Bertz CT molecular complexity index is 1720. The van der Waals surface area contributed by atoms with E-state index in [1.165, 1.54) is 18.5 Å². The van der Waals surface area contributed by atoms with Gasteiger partial charge in [-0.2, -0.15) is 0 Å². The number of anilines is 1. The van der Waals surface area contributed by atoms with E-state index in [0.29, 0.717) is 30.1 Å². The molecular weight excluding hydrogens is 532 g/mol. The highest BCUT2D eigenvalue weighted by Crippen LogP contribution is 2.53. The molecule has 2 aliphatic heterocycles. The molecule has 1 saturated carbocycles. The molecule has 3 fully saturated rings. The molecule has 6 heterocycles. The van der Waals surface area contributed by atoms with Gasteiger partial charge in [-0.3, -0.25) is 14.8 Å². The maximum atomic E-state index is 12.6. The highest BCUT2D eigenvalue weighted by atomic mass is 32.2. The normalized spacial score (nSPS) is 21.6. The Labute approximate surface area is 231 Å². The molecule has 0 aromatic carbocycles. The number of hydrogen-bond acceptors (Lipinski definition) is 10. The maximum Gasteiger partial charge on any atom is 0.253 e. The van der Waals surface area contributed by atoms with Crippen molar-refractivity contribution in [1.29, 1.82) is 0 Å². The molecule has 12 heteroatoms. The van der Waals surface area contributed by atoms with Crippen molar-refractivity contribution in [1.82, 2.24) is 25.3 Å². The van der Waals surface area contributed by atoms with Gasteiger partial charge in [-0.1, -0.05) is 6.07 Å². The first kappa shape index (κ1) is 26.2. The molecule has 0 unspecified atom stereocenters. The van der Waals surface area contributed by atoms with Crippen LogP contribution in [-0.4, -0.2) is 72.0 Å². The number of carbonyl (C=O) groups is 1. The number of sulfone groups is 1. The number of hydrogen-bond donors (Lipinski definition) is 2. The van der Waals surface area contributed by atoms with Crippen LogP contribution in [0.3, 0.4) is 0 Å². The second-order valence-electron chi connectivity index (χ2n) is 10.5. The molecule has 4 aromatic heterocycles. The molecule has 0 atom stereocenters. The van der Waals surface area contributed by atoms with E-state index in [9.17, 15) is 13.2 Å². The van der Waals surface area contributed by atoms with Gasteiger partial charge in [0.1, 0.15) is 5.82 Å². The number of nitrogens with one attached hydrogen (secondary N) is 2. The monoisotopic (exact) mass is 560 g/mol. The molecule has 0 radical (unpaired) electrons. The average Bonchev–Trinajstić information content (AvgIpc) is 3.46. The molecule has 1 amide bonds. The Balaban J connectivity index is 1.16. The third-order valence-electron chi connectivity index (χ3n) is 7.25. The number of pyridine rings is 4. The van der Waals surface area contributed by atoms with E-state index in [-0.39, 0.29) is 28.1 Å². The Morgan fingerprint density at radius 2 is 1.90 bits per heavy atom. The Hall–Kier alpha value is -4.00. The Kier molecular flexibility index (Phi) is 6.48. The lowest BCUT2D eigenvalue weighted by atomic mass is 9.69. The first-order chi connectivity index (χ1) is 19.2. The number of amides is 1. The zero-order chi connectivity index (χ0) is 28.0. The standard InChI is InChI=1S/C28H28N6O5S/c1-38-17-28-14-27(15-28,16-39-28)34-25-5-3-4-22(33-25)23-7-6-18-11-30-20(9-24(18)32-23)12-31-26(35)19-8-21(13-29-10-19)40(2,36)37/h3-11,13H,12,14-17H2,1-2H3,(H,31,35)(H,33,34). The number of aromatic nitrogens is 4. The predicted molar refractivity (Wildman–Crippen MR) is 147 cm³/mol. The van der Waals surface area contributed by atoms with Crippen LogP contribution in [0.5, 0.6) is 0 Å². The molecule has 2 saturated heterocycles. The van der Waals surface area contributed by atoms with Gasteiger partial charge in [-0.25, -0.2) is 18.4 Å². The fraction of sp³-hybridized carbons (Fsp3) is 0.321. The van der Waals surface area contributed by atoms with E-state index in [1.807, 2.05) is 36.4 Å². The number of fused-ring (bicyclic) bond motifs is 2. The van der Waals surface area contributed by atoms with E-state index < -0.39 is 15.7 Å². The van der Waals surface area contributed by atoms with Crippen LogP contribution in [0.25, 0.3) is 22.3 Å². The van der Waals surface area contributed by atoms with Gasteiger partial charge in [0, 0.05) is 50.2 Å². The van der Waals surface area contributed by atoms with E-state index in [4.69, 9.17) is 19.4 Å². The summed E-state index contributed by atoms with van der Waals surface area (Å²) >= 11 is 0. The van der Waals surface area contributed by atoms with Gasteiger partial charge in [0.2, 0.25) is 0 Å². The van der Waals surface area contributed by atoms with Gasteiger partial charge < -0.3 is 20.1 Å². The van der Waals surface area contributed by atoms with Crippen molar-refractivity contribution in [3.05, 3.63) is 72.3 Å². The quantitative estimate of drug-likeness (QED) is 0.313. The topological polar surface area (TPSA) is 145 Å².